The molecule has 1 aliphatic rings. The van der Waals surface area contributed by atoms with Gasteiger partial charge in [0.05, 0.1) is 6.42 Å². The van der Waals surface area contributed by atoms with Gasteiger partial charge in [0, 0.05) is 29.8 Å². The molecule has 2 rings (SSSR count). The lowest BCUT2D eigenvalue weighted by Crippen LogP contribution is -2.45. The Morgan fingerprint density at radius 3 is 2.31 bits per heavy atom. The number of nitrogens with one attached hydrogen (secondary N) is 1. The van der Waals surface area contributed by atoms with Crippen LogP contribution in [0.15, 0.2) is 29.3 Å². The number of amides is 3. The van der Waals surface area contributed by atoms with Crippen LogP contribution in [0.2, 0.25) is 0 Å². The van der Waals surface area contributed by atoms with Crippen LogP contribution in [0.1, 0.15) is 47.9 Å². The van der Waals surface area contributed by atoms with E-state index in [0.717, 1.165) is 0 Å². The number of nitrogens with zero attached hydrogens (tertiary/aromatic N) is 2. The number of hydrogen-bond donors (Lipinski definition) is 3. The van der Waals surface area contributed by atoms with E-state index in [0.29, 0.717) is 16.3 Å². The predicted octanol–water partition coefficient (Wildman–Crippen LogP) is 1.09. The zero-order valence-corrected chi connectivity index (χ0v) is 17.2. The molecule has 1 aromatic carbocycles. The number of nitrogens with two attached hydrogens (primary N) is 1. The first-order chi connectivity index (χ1) is 13.6. The summed E-state index contributed by atoms with van der Waals surface area (Å²) in [5, 5.41) is 11.2. The van der Waals surface area contributed by atoms with E-state index in [1.807, 2.05) is 25.7 Å². The van der Waals surface area contributed by atoms with E-state index in [2.05, 4.69) is 10.3 Å². The second-order valence-corrected chi connectivity index (χ2v) is 7.96. The van der Waals surface area contributed by atoms with E-state index in [-0.39, 0.29) is 31.0 Å². The minimum Gasteiger partial charge on any atom is -0.481 e. The first-order valence-corrected chi connectivity index (χ1v) is 9.97. The molecular weight excluding hydrogens is 396 g/mol. The highest BCUT2D eigenvalue weighted by Gasteiger charge is 2.42. The van der Waals surface area contributed by atoms with Crippen molar-refractivity contribution in [3.05, 3.63) is 35.4 Å². The van der Waals surface area contributed by atoms with Gasteiger partial charge in [-0.15, -0.1) is 0 Å². The Morgan fingerprint density at radius 1 is 1.21 bits per heavy atom. The second kappa shape index (κ2) is 9.55. The van der Waals surface area contributed by atoms with Crippen LogP contribution in [0.4, 0.5) is 0 Å². The summed E-state index contributed by atoms with van der Waals surface area (Å²) in [6.45, 7) is 5.77. The van der Waals surface area contributed by atoms with Crippen LogP contribution in [0, 0.1) is 0 Å². The molecule has 9 nitrogen and oxygen atoms in total. The first kappa shape index (κ1) is 22.4. The standard InChI is InChI=1S/C19H24N4O5S/c1-10(2)23-11(3)15(18(28)21-9-8-14(24)25)29-19(23)22-17(27)13-6-4-12(5-7-13)16(20)26/h4-7,10-11,15H,8-9H2,1-3H3,(H2,20,26)(H,21,28)(H,24,25). The molecule has 156 valence electrons. The number of aliphatic imine (C=N–C) groups is 1. The van der Waals surface area contributed by atoms with Crippen LogP contribution >= 0.6 is 11.8 Å². The quantitative estimate of drug-likeness (QED) is 0.599. The van der Waals surface area contributed by atoms with Gasteiger partial charge in [-0.2, -0.15) is 4.99 Å². The van der Waals surface area contributed by atoms with Gasteiger partial charge in [0.15, 0.2) is 5.17 Å². The first-order valence-electron chi connectivity index (χ1n) is 9.09. The molecule has 29 heavy (non-hydrogen) atoms. The molecule has 0 radical (unpaired) electrons. The number of carbonyl (C=O) groups is 4. The maximum atomic E-state index is 12.6. The highest BCUT2D eigenvalue weighted by Crippen LogP contribution is 2.33. The molecule has 0 saturated carbocycles. The smallest absolute Gasteiger partial charge is 0.305 e. The zero-order valence-electron chi connectivity index (χ0n) is 16.4. The largest absolute Gasteiger partial charge is 0.481 e. The molecule has 2 atom stereocenters. The Balaban J connectivity index is 2.18. The summed E-state index contributed by atoms with van der Waals surface area (Å²) in [6, 6.07) is 5.64. The van der Waals surface area contributed by atoms with E-state index in [4.69, 9.17) is 10.8 Å². The normalized spacial score (nSPS) is 20.1. The molecule has 3 amide bonds. The number of carbonyl (C=O) groups excluding carboxylic acids is 3. The molecule has 10 heteroatoms. The van der Waals surface area contributed by atoms with Crippen molar-refractivity contribution in [3.8, 4) is 0 Å². The number of primary amides is 1. The monoisotopic (exact) mass is 420 g/mol. The molecule has 1 aromatic rings. The van der Waals surface area contributed by atoms with Crippen LogP contribution in [0.3, 0.4) is 0 Å². The Morgan fingerprint density at radius 2 is 1.79 bits per heavy atom. The minimum absolute atomic E-state index is 0.00175. The third-order valence-electron chi connectivity index (χ3n) is 4.40. The fraction of sp³-hybridized carbons (Fsp3) is 0.421. The number of carboxylic acid groups (broad SMARTS) is 1. The molecule has 0 bridgehead atoms. The highest BCUT2D eigenvalue weighted by molar-refractivity contribution is 8.15. The van der Waals surface area contributed by atoms with Crippen LogP contribution in [-0.4, -0.2) is 62.7 Å². The number of hydrogen-bond acceptors (Lipinski definition) is 5. The molecule has 2 unspecified atom stereocenters. The average Bonchev–Trinajstić information content (AvgIpc) is 2.97. The number of rotatable bonds is 7. The van der Waals surface area contributed by atoms with Gasteiger partial charge in [0.25, 0.3) is 5.91 Å². The van der Waals surface area contributed by atoms with Crippen molar-refractivity contribution in [2.24, 2.45) is 10.7 Å². The summed E-state index contributed by atoms with van der Waals surface area (Å²) in [6.07, 6.45) is -0.161. The van der Waals surface area contributed by atoms with Crippen molar-refractivity contribution in [3.63, 3.8) is 0 Å². The fourth-order valence-corrected chi connectivity index (χ4v) is 4.34. The maximum absolute atomic E-state index is 12.6. The van der Waals surface area contributed by atoms with E-state index in [1.165, 1.54) is 36.0 Å². The summed E-state index contributed by atoms with van der Waals surface area (Å²) in [7, 11) is 0. The van der Waals surface area contributed by atoms with Crippen molar-refractivity contribution >= 4 is 40.6 Å². The lowest BCUT2D eigenvalue weighted by atomic mass is 10.1. The van der Waals surface area contributed by atoms with Gasteiger partial charge in [-0.3, -0.25) is 19.2 Å². The predicted molar refractivity (Wildman–Crippen MR) is 110 cm³/mol. The van der Waals surface area contributed by atoms with Gasteiger partial charge >= 0.3 is 5.97 Å². The minimum atomic E-state index is -0.989. The Labute approximate surface area is 172 Å². The number of carboxylic acids is 1. The summed E-state index contributed by atoms with van der Waals surface area (Å²) in [4.78, 5) is 52.9. The zero-order chi connectivity index (χ0) is 21.7. The third-order valence-corrected chi connectivity index (χ3v) is 5.77. The lowest BCUT2D eigenvalue weighted by molar-refractivity contribution is -0.136. The maximum Gasteiger partial charge on any atom is 0.305 e. The Kier molecular flexibility index (Phi) is 7.38. The van der Waals surface area contributed by atoms with Gasteiger partial charge in [-0.25, -0.2) is 0 Å². The molecule has 1 aliphatic heterocycles. The highest BCUT2D eigenvalue weighted by atomic mass is 32.2. The molecular formula is C19H24N4O5S. The van der Waals surface area contributed by atoms with Crippen molar-refractivity contribution in [1.29, 1.82) is 0 Å². The van der Waals surface area contributed by atoms with Gasteiger partial charge in [0.2, 0.25) is 11.8 Å². The van der Waals surface area contributed by atoms with Gasteiger partial charge in [-0.05, 0) is 45.0 Å². The summed E-state index contributed by atoms with van der Waals surface area (Å²) in [5.41, 5.74) is 5.79. The topological polar surface area (TPSA) is 142 Å². The van der Waals surface area contributed by atoms with Crippen molar-refractivity contribution in [1.82, 2.24) is 10.2 Å². The van der Waals surface area contributed by atoms with Gasteiger partial charge in [0.1, 0.15) is 5.25 Å². The SMILES string of the molecule is CC(C)N1C(=NC(=O)c2ccc(C(N)=O)cc2)SC(C(=O)NCCC(=O)O)C1C. The number of aliphatic carboxylic acids is 1. The number of benzene rings is 1. The van der Waals surface area contributed by atoms with E-state index in [9.17, 15) is 19.2 Å². The van der Waals surface area contributed by atoms with Gasteiger partial charge < -0.3 is 21.1 Å². The summed E-state index contributed by atoms with van der Waals surface area (Å²) in [5.74, 6) is -2.36. The number of thioether (sulfide) groups is 1. The Hall–Kier alpha value is -2.88. The van der Waals surface area contributed by atoms with Crippen molar-refractivity contribution in [2.75, 3.05) is 6.54 Å². The molecule has 1 fully saturated rings. The lowest BCUT2D eigenvalue weighted by Gasteiger charge is -2.28. The van der Waals surface area contributed by atoms with Crippen molar-refractivity contribution in [2.45, 2.75) is 44.5 Å². The second-order valence-electron chi connectivity index (χ2n) is 6.86. The van der Waals surface area contributed by atoms with Crippen LogP contribution in [0.5, 0.6) is 0 Å². The summed E-state index contributed by atoms with van der Waals surface area (Å²) < 4.78 is 0. The molecule has 0 aromatic heterocycles. The van der Waals surface area contributed by atoms with E-state index in [1.54, 1.807) is 0 Å². The van der Waals surface area contributed by atoms with E-state index < -0.39 is 23.0 Å². The molecule has 0 aliphatic carbocycles. The average molecular weight is 420 g/mol. The fourth-order valence-electron chi connectivity index (χ4n) is 2.96. The summed E-state index contributed by atoms with van der Waals surface area (Å²) >= 11 is 1.17. The molecule has 1 saturated heterocycles. The van der Waals surface area contributed by atoms with E-state index >= 15 is 0 Å². The van der Waals surface area contributed by atoms with Crippen LogP contribution < -0.4 is 11.1 Å². The van der Waals surface area contributed by atoms with Gasteiger partial charge in [-0.1, -0.05) is 11.8 Å². The molecule has 4 N–H and O–H groups in total. The molecule has 0 spiro atoms. The Bertz CT molecular complexity index is 838. The number of amidine groups is 1. The van der Waals surface area contributed by atoms with Crippen molar-refractivity contribution < 1.29 is 24.3 Å². The third kappa shape index (κ3) is 5.57. The van der Waals surface area contributed by atoms with Crippen LogP contribution in [-0.2, 0) is 9.59 Å². The molecule has 1 heterocycles. The van der Waals surface area contributed by atoms with Crippen LogP contribution in [0.25, 0.3) is 0 Å².